The number of likely N-dealkylation sites (tertiary alicyclic amines) is 1. The normalized spacial score (nSPS) is 19.4. The number of ether oxygens (including phenoxy) is 1. The van der Waals surface area contributed by atoms with Crippen molar-refractivity contribution in [2.75, 3.05) is 26.7 Å². The molecule has 0 aromatic carbocycles. The average molecular weight is 230 g/mol. The third-order valence-electron chi connectivity index (χ3n) is 2.61. The lowest BCUT2D eigenvalue weighted by atomic mass is 10.1. The first-order valence-electron chi connectivity index (χ1n) is 5.19. The topological polar surface area (TPSA) is 100 Å². The number of nitrogens with one attached hydrogen (secondary N) is 1. The Bertz CT molecular complexity index is 261. The highest BCUT2D eigenvalue weighted by atomic mass is 16.5. The maximum atomic E-state index is 11.0. The summed E-state index contributed by atoms with van der Waals surface area (Å²) in [5, 5.41) is 14.1. The Balaban J connectivity index is 2.26. The third-order valence-corrected chi connectivity index (χ3v) is 2.61. The van der Waals surface area contributed by atoms with Gasteiger partial charge in [-0.25, -0.2) is 4.79 Å². The van der Waals surface area contributed by atoms with Gasteiger partial charge in [0.15, 0.2) is 5.84 Å². The van der Waals surface area contributed by atoms with Gasteiger partial charge in [-0.15, -0.1) is 0 Å². The van der Waals surface area contributed by atoms with E-state index in [0.717, 1.165) is 25.9 Å². The van der Waals surface area contributed by atoms with Gasteiger partial charge in [-0.1, -0.05) is 5.16 Å². The van der Waals surface area contributed by atoms with Gasteiger partial charge in [0.05, 0.1) is 13.7 Å². The summed E-state index contributed by atoms with van der Waals surface area (Å²) in [6.07, 6.45) is 1.29. The molecule has 1 amide bonds. The van der Waals surface area contributed by atoms with Crippen LogP contribution < -0.4 is 11.1 Å². The fraction of sp³-hybridized carbons (Fsp3) is 0.778. The van der Waals surface area contributed by atoms with Crippen LogP contribution in [0, 0.1) is 0 Å². The molecule has 0 bridgehead atoms. The number of piperidine rings is 1. The fourth-order valence-corrected chi connectivity index (χ4v) is 1.72. The molecule has 0 unspecified atom stereocenters. The molecule has 0 aromatic rings. The lowest BCUT2D eigenvalue weighted by Crippen LogP contribution is -2.46. The van der Waals surface area contributed by atoms with Gasteiger partial charge in [0.1, 0.15) is 0 Å². The molecule has 16 heavy (non-hydrogen) atoms. The molecule has 4 N–H and O–H groups in total. The van der Waals surface area contributed by atoms with Gasteiger partial charge in [0, 0.05) is 19.1 Å². The number of alkyl carbamates (subject to hydrolysis) is 1. The van der Waals surface area contributed by atoms with Crippen molar-refractivity contribution >= 4 is 11.9 Å². The van der Waals surface area contributed by atoms with Crippen molar-refractivity contribution < 1.29 is 14.7 Å². The Hall–Kier alpha value is -1.50. The monoisotopic (exact) mass is 230 g/mol. The van der Waals surface area contributed by atoms with Crippen LogP contribution in [0.4, 0.5) is 4.79 Å². The van der Waals surface area contributed by atoms with E-state index in [-0.39, 0.29) is 11.9 Å². The van der Waals surface area contributed by atoms with Crippen molar-refractivity contribution in [1.82, 2.24) is 10.2 Å². The van der Waals surface area contributed by atoms with E-state index in [9.17, 15) is 4.79 Å². The summed E-state index contributed by atoms with van der Waals surface area (Å²) >= 11 is 0. The number of hydrogen-bond acceptors (Lipinski definition) is 5. The van der Waals surface area contributed by atoms with E-state index in [0.29, 0.717) is 6.54 Å². The molecule has 1 aliphatic heterocycles. The third kappa shape index (κ3) is 3.93. The van der Waals surface area contributed by atoms with Gasteiger partial charge in [0.2, 0.25) is 0 Å². The number of nitrogens with zero attached hydrogens (tertiary/aromatic N) is 2. The summed E-state index contributed by atoms with van der Waals surface area (Å²) < 4.78 is 4.53. The smallest absolute Gasteiger partial charge is 0.407 e. The Kier molecular flexibility index (Phi) is 4.84. The Morgan fingerprint density at radius 3 is 2.75 bits per heavy atom. The lowest BCUT2D eigenvalue weighted by Gasteiger charge is -2.31. The summed E-state index contributed by atoms with van der Waals surface area (Å²) in [4.78, 5) is 13.0. The minimum absolute atomic E-state index is 0.149. The van der Waals surface area contributed by atoms with Crippen molar-refractivity contribution in [3.8, 4) is 0 Å². The van der Waals surface area contributed by atoms with E-state index < -0.39 is 6.09 Å². The molecule has 0 radical (unpaired) electrons. The number of rotatable bonds is 3. The summed E-state index contributed by atoms with van der Waals surface area (Å²) in [6, 6.07) is 0.149. The van der Waals surface area contributed by atoms with Crippen LogP contribution in [0.5, 0.6) is 0 Å². The number of carbonyl (C=O) groups excluding carboxylic acids is 1. The second-order valence-corrected chi connectivity index (χ2v) is 3.78. The maximum Gasteiger partial charge on any atom is 0.407 e. The summed E-state index contributed by atoms with van der Waals surface area (Å²) in [5.41, 5.74) is 5.41. The van der Waals surface area contributed by atoms with Gasteiger partial charge in [-0.2, -0.15) is 0 Å². The summed E-state index contributed by atoms with van der Waals surface area (Å²) in [6.45, 7) is 2.08. The van der Waals surface area contributed by atoms with E-state index in [1.807, 2.05) is 0 Å². The zero-order valence-corrected chi connectivity index (χ0v) is 9.35. The van der Waals surface area contributed by atoms with Crippen molar-refractivity contribution in [1.29, 1.82) is 0 Å². The van der Waals surface area contributed by atoms with Crippen molar-refractivity contribution in [3.05, 3.63) is 0 Å². The second-order valence-electron chi connectivity index (χ2n) is 3.78. The molecule has 1 rings (SSSR count). The van der Waals surface area contributed by atoms with E-state index in [4.69, 9.17) is 10.9 Å². The minimum Gasteiger partial charge on any atom is -0.453 e. The molecule has 1 aliphatic rings. The standard InChI is InChI=1S/C9H18N4O3/c1-16-9(14)11-7-2-4-13(5-3-7)6-8(10)12-15/h7,15H,2-6H2,1H3,(H2,10,12)(H,11,14). The Morgan fingerprint density at radius 2 is 2.25 bits per heavy atom. The molecule has 0 spiro atoms. The van der Waals surface area contributed by atoms with Crippen LogP contribution in [0.3, 0.4) is 0 Å². The molecule has 7 heteroatoms. The first-order valence-corrected chi connectivity index (χ1v) is 5.19. The molecule has 7 nitrogen and oxygen atoms in total. The van der Waals surface area contributed by atoms with Crippen LogP contribution >= 0.6 is 0 Å². The first kappa shape index (κ1) is 12.6. The number of amidine groups is 1. The fourth-order valence-electron chi connectivity index (χ4n) is 1.72. The van der Waals surface area contributed by atoms with Gasteiger partial charge in [0.25, 0.3) is 0 Å². The summed E-state index contributed by atoms with van der Waals surface area (Å²) in [7, 11) is 1.35. The van der Waals surface area contributed by atoms with Crippen LogP contribution in [0.1, 0.15) is 12.8 Å². The molecule has 0 aliphatic carbocycles. The molecular weight excluding hydrogens is 212 g/mol. The van der Waals surface area contributed by atoms with Crippen LogP contribution in [0.2, 0.25) is 0 Å². The highest BCUT2D eigenvalue weighted by molar-refractivity contribution is 5.81. The van der Waals surface area contributed by atoms with Crippen molar-refractivity contribution in [3.63, 3.8) is 0 Å². The summed E-state index contributed by atoms with van der Waals surface area (Å²) in [5.74, 6) is 0.208. The van der Waals surface area contributed by atoms with Gasteiger partial charge in [-0.05, 0) is 12.8 Å². The predicted molar refractivity (Wildman–Crippen MR) is 58.4 cm³/mol. The van der Waals surface area contributed by atoms with Gasteiger partial charge >= 0.3 is 6.09 Å². The zero-order valence-electron chi connectivity index (χ0n) is 9.35. The zero-order chi connectivity index (χ0) is 12.0. The van der Waals surface area contributed by atoms with Crippen molar-refractivity contribution in [2.45, 2.75) is 18.9 Å². The van der Waals surface area contributed by atoms with Gasteiger partial charge < -0.3 is 21.0 Å². The predicted octanol–water partition coefficient (Wildman–Crippen LogP) is -0.447. The van der Waals surface area contributed by atoms with E-state index in [1.165, 1.54) is 7.11 Å². The maximum absolute atomic E-state index is 11.0. The lowest BCUT2D eigenvalue weighted by molar-refractivity contribution is 0.155. The first-order chi connectivity index (χ1) is 7.65. The average Bonchev–Trinajstić information content (AvgIpc) is 2.31. The molecular formula is C9H18N4O3. The van der Waals surface area contributed by atoms with Gasteiger partial charge in [-0.3, -0.25) is 4.90 Å². The number of methoxy groups -OCH3 is 1. The molecule has 1 fully saturated rings. The van der Waals surface area contributed by atoms with E-state index in [1.54, 1.807) is 0 Å². The number of carbonyl (C=O) groups is 1. The van der Waals surface area contributed by atoms with Crippen molar-refractivity contribution in [2.24, 2.45) is 10.9 Å². The molecule has 92 valence electrons. The van der Waals surface area contributed by atoms with Crippen LogP contribution in [0.15, 0.2) is 5.16 Å². The van der Waals surface area contributed by atoms with E-state index >= 15 is 0 Å². The Labute approximate surface area is 94.2 Å². The molecule has 0 atom stereocenters. The van der Waals surface area contributed by atoms with Crippen LogP contribution in [-0.4, -0.2) is 54.8 Å². The highest BCUT2D eigenvalue weighted by Gasteiger charge is 2.21. The number of oxime groups is 1. The number of amides is 1. The largest absolute Gasteiger partial charge is 0.453 e. The highest BCUT2D eigenvalue weighted by Crippen LogP contribution is 2.09. The molecule has 1 saturated heterocycles. The Morgan fingerprint density at radius 1 is 1.62 bits per heavy atom. The molecule has 0 saturated carbocycles. The SMILES string of the molecule is COC(=O)NC1CCN(CC(N)=NO)CC1. The second kappa shape index (κ2) is 6.16. The van der Waals surface area contributed by atoms with Crippen LogP contribution in [-0.2, 0) is 4.74 Å². The van der Waals surface area contributed by atoms with E-state index in [2.05, 4.69) is 20.1 Å². The molecule has 0 aromatic heterocycles. The number of nitrogens with two attached hydrogens (primary N) is 1. The quantitative estimate of drug-likeness (QED) is 0.264. The molecule has 1 heterocycles. The van der Waals surface area contributed by atoms with Crippen LogP contribution in [0.25, 0.3) is 0 Å². The minimum atomic E-state index is -0.394. The number of hydrogen-bond donors (Lipinski definition) is 3.